The lowest BCUT2D eigenvalue weighted by atomic mass is 9.99. The number of methoxy groups -OCH3 is 1. The summed E-state index contributed by atoms with van der Waals surface area (Å²) in [6.45, 7) is -1.04. The normalized spacial score (nSPS) is 32.1. The Balaban J connectivity index is 1.31. The van der Waals surface area contributed by atoms with Gasteiger partial charge >= 0.3 is 0 Å². The van der Waals surface area contributed by atoms with E-state index in [1.165, 1.54) is 19.2 Å². The van der Waals surface area contributed by atoms with Crippen LogP contribution in [0.1, 0.15) is 0 Å². The van der Waals surface area contributed by atoms with Crippen molar-refractivity contribution in [2.24, 2.45) is 0 Å². The van der Waals surface area contributed by atoms with Crippen LogP contribution in [0.15, 0.2) is 51.7 Å². The number of ether oxygens (including phenoxy) is 5. The Morgan fingerprint density at radius 2 is 1.59 bits per heavy atom. The fraction of sp³-hybridized carbons (Fsp3) is 0.444. The van der Waals surface area contributed by atoms with Crippen molar-refractivity contribution in [3.63, 3.8) is 0 Å². The third kappa shape index (κ3) is 5.74. The molecule has 2 aliphatic heterocycles. The predicted octanol–water partition coefficient (Wildman–Crippen LogP) is -1.18. The third-order valence-corrected chi connectivity index (χ3v) is 7.00. The van der Waals surface area contributed by atoms with Crippen LogP contribution >= 0.6 is 0 Å². The van der Waals surface area contributed by atoms with Crippen molar-refractivity contribution in [1.82, 2.24) is 0 Å². The Bertz CT molecular complexity index is 1410. The lowest BCUT2D eigenvalue weighted by molar-refractivity contribution is -0.338. The topological polar surface area (TPSA) is 218 Å². The van der Waals surface area contributed by atoms with Gasteiger partial charge in [-0.05, 0) is 24.3 Å². The number of hydrogen-bond donors (Lipinski definition) is 7. The summed E-state index contributed by atoms with van der Waals surface area (Å²) < 4.78 is 32.9. The van der Waals surface area contributed by atoms with Crippen LogP contribution in [0.3, 0.4) is 0 Å². The Morgan fingerprint density at radius 3 is 2.27 bits per heavy atom. The molecule has 3 aromatic rings. The van der Waals surface area contributed by atoms with Crippen LogP contribution in [0.5, 0.6) is 17.2 Å². The van der Waals surface area contributed by atoms with Crippen molar-refractivity contribution >= 4 is 11.0 Å². The molecule has 0 amide bonds. The highest BCUT2D eigenvalue weighted by atomic mass is 16.7. The van der Waals surface area contributed by atoms with E-state index in [9.17, 15) is 40.5 Å². The molecule has 0 bridgehead atoms. The minimum Gasteiger partial charge on any atom is -0.507 e. The van der Waals surface area contributed by atoms with E-state index in [-0.39, 0.29) is 29.1 Å². The first-order valence-electron chi connectivity index (χ1n) is 12.7. The first-order valence-corrected chi connectivity index (χ1v) is 12.7. The van der Waals surface area contributed by atoms with Crippen molar-refractivity contribution in [1.29, 1.82) is 0 Å². The second kappa shape index (κ2) is 11.9. The number of aliphatic hydroxyl groups is 6. The molecule has 2 aromatic carbocycles. The molecule has 2 aliphatic rings. The molecule has 1 aromatic heterocycles. The number of rotatable bonds is 7. The maximum Gasteiger partial charge on any atom is 0.228 e. The fourth-order valence-electron chi connectivity index (χ4n) is 4.69. The zero-order chi connectivity index (χ0) is 29.4. The Kier molecular flexibility index (Phi) is 8.47. The zero-order valence-corrected chi connectivity index (χ0v) is 21.6. The Labute approximate surface area is 232 Å². The van der Waals surface area contributed by atoms with Crippen LogP contribution in [-0.2, 0) is 14.2 Å². The summed E-state index contributed by atoms with van der Waals surface area (Å²) in [5.41, 5.74) is 0.0712. The van der Waals surface area contributed by atoms with Gasteiger partial charge in [0.1, 0.15) is 76.7 Å². The molecule has 0 radical (unpaired) electrons. The van der Waals surface area contributed by atoms with E-state index in [0.29, 0.717) is 11.3 Å². The SMILES string of the molecule is COc1ccc(-c2cc(=O)c3c(O)cc(O[C@H]4OC[C@@H](O[C@@H]5O[C@H](CO)[C@@H](O)[C@H](O)[C@H]5O)[C@H](O)[C@H]4O)cc3o2)cc1. The van der Waals surface area contributed by atoms with Crippen LogP contribution in [0.4, 0.5) is 0 Å². The minimum absolute atomic E-state index is 0.00649. The number of aromatic hydroxyl groups is 1. The average molecular weight is 579 g/mol. The van der Waals surface area contributed by atoms with Crippen LogP contribution in [0.25, 0.3) is 22.3 Å². The monoisotopic (exact) mass is 578 g/mol. The third-order valence-electron chi connectivity index (χ3n) is 7.00. The van der Waals surface area contributed by atoms with E-state index < -0.39 is 73.1 Å². The van der Waals surface area contributed by atoms with Gasteiger partial charge in [-0.25, -0.2) is 0 Å². The van der Waals surface area contributed by atoms with E-state index in [4.69, 9.17) is 28.1 Å². The second-order valence-corrected chi connectivity index (χ2v) is 9.69. The molecule has 7 N–H and O–H groups in total. The van der Waals surface area contributed by atoms with Gasteiger partial charge in [-0.2, -0.15) is 0 Å². The number of benzene rings is 2. The van der Waals surface area contributed by atoms with Crippen molar-refractivity contribution in [3.05, 3.63) is 52.7 Å². The summed E-state index contributed by atoms with van der Waals surface area (Å²) in [6.07, 6.45) is -13.8. The Hall–Kier alpha value is -3.31. The van der Waals surface area contributed by atoms with Crippen LogP contribution in [0.2, 0.25) is 0 Å². The average Bonchev–Trinajstić information content (AvgIpc) is 2.96. The van der Waals surface area contributed by atoms with Gasteiger partial charge in [0.05, 0.1) is 20.3 Å². The molecule has 2 saturated heterocycles. The quantitative estimate of drug-likeness (QED) is 0.176. The standard InChI is InChI=1S/C27H30O14/c1-36-12-4-2-11(3-5-12)16-8-15(30)20-14(29)6-13(7-17(20)39-16)38-26-24(34)22(32)19(10-37-26)41-27-25(35)23(33)21(31)18(9-28)40-27/h2-8,18-19,21-29,31-35H,9-10H2,1H3/t18-,19-,21-,22+,23+,24-,25-,26-,27+/m1/s1. The predicted molar refractivity (Wildman–Crippen MR) is 137 cm³/mol. The van der Waals surface area contributed by atoms with Gasteiger partial charge in [-0.15, -0.1) is 0 Å². The highest BCUT2D eigenvalue weighted by Crippen LogP contribution is 2.33. The summed E-state index contributed by atoms with van der Waals surface area (Å²) in [4.78, 5) is 12.7. The number of phenolic OH excluding ortho intramolecular Hbond substituents is 1. The smallest absolute Gasteiger partial charge is 0.228 e. The number of phenols is 1. The maximum absolute atomic E-state index is 12.7. The summed E-state index contributed by atoms with van der Waals surface area (Å²) in [6, 6.07) is 10.5. The summed E-state index contributed by atoms with van der Waals surface area (Å²) in [5.74, 6) is 0.343. The van der Waals surface area contributed by atoms with Gasteiger partial charge in [0.2, 0.25) is 6.29 Å². The van der Waals surface area contributed by atoms with Gasteiger partial charge in [-0.3, -0.25) is 4.79 Å². The summed E-state index contributed by atoms with van der Waals surface area (Å²) in [5, 5.41) is 71.1. The van der Waals surface area contributed by atoms with Crippen molar-refractivity contribution in [2.75, 3.05) is 20.3 Å². The molecule has 0 spiro atoms. The summed E-state index contributed by atoms with van der Waals surface area (Å²) in [7, 11) is 1.52. The molecule has 0 aliphatic carbocycles. The second-order valence-electron chi connectivity index (χ2n) is 9.69. The van der Waals surface area contributed by atoms with Crippen molar-refractivity contribution in [3.8, 4) is 28.6 Å². The lowest BCUT2D eigenvalue weighted by Crippen LogP contribution is -2.62. The molecule has 41 heavy (non-hydrogen) atoms. The minimum atomic E-state index is -1.72. The largest absolute Gasteiger partial charge is 0.507 e. The van der Waals surface area contributed by atoms with Gasteiger partial charge in [0.25, 0.3) is 0 Å². The zero-order valence-electron chi connectivity index (χ0n) is 21.6. The van der Waals surface area contributed by atoms with Crippen LogP contribution in [0, 0.1) is 0 Å². The molecule has 0 unspecified atom stereocenters. The molecule has 14 heteroatoms. The highest BCUT2D eigenvalue weighted by molar-refractivity contribution is 5.86. The van der Waals surface area contributed by atoms with Crippen molar-refractivity contribution < 1.29 is 63.8 Å². The van der Waals surface area contributed by atoms with E-state index >= 15 is 0 Å². The summed E-state index contributed by atoms with van der Waals surface area (Å²) >= 11 is 0. The molecule has 9 atom stereocenters. The van der Waals surface area contributed by atoms with Crippen LogP contribution < -0.4 is 14.9 Å². The molecule has 14 nitrogen and oxygen atoms in total. The maximum atomic E-state index is 12.7. The van der Waals surface area contributed by atoms with E-state index in [1.807, 2.05) is 0 Å². The Morgan fingerprint density at radius 1 is 0.878 bits per heavy atom. The molecule has 3 heterocycles. The molecule has 0 saturated carbocycles. The lowest BCUT2D eigenvalue weighted by Gasteiger charge is -2.43. The number of hydrogen-bond acceptors (Lipinski definition) is 14. The number of aliphatic hydroxyl groups excluding tert-OH is 6. The first-order chi connectivity index (χ1) is 19.6. The van der Waals surface area contributed by atoms with Crippen molar-refractivity contribution in [2.45, 2.75) is 55.3 Å². The molecule has 5 rings (SSSR count). The van der Waals surface area contributed by atoms with Gasteiger partial charge < -0.3 is 63.8 Å². The van der Waals surface area contributed by atoms with E-state index in [1.54, 1.807) is 24.3 Å². The molecular weight excluding hydrogens is 548 g/mol. The van der Waals surface area contributed by atoms with Gasteiger partial charge in [0.15, 0.2) is 11.7 Å². The molecule has 2 fully saturated rings. The van der Waals surface area contributed by atoms with E-state index in [2.05, 4.69) is 0 Å². The molecule has 222 valence electrons. The van der Waals surface area contributed by atoms with E-state index in [0.717, 1.165) is 6.07 Å². The molecular formula is C27H30O14. The highest BCUT2D eigenvalue weighted by Gasteiger charge is 2.48. The van der Waals surface area contributed by atoms with Crippen LogP contribution in [-0.4, -0.2) is 111 Å². The number of fused-ring (bicyclic) bond motifs is 1. The van der Waals surface area contributed by atoms with Gasteiger partial charge in [0, 0.05) is 23.8 Å². The van der Waals surface area contributed by atoms with Gasteiger partial charge in [-0.1, -0.05) is 0 Å². The first kappa shape index (κ1) is 29.2. The fourth-order valence-corrected chi connectivity index (χ4v) is 4.69.